The van der Waals surface area contributed by atoms with Crippen LogP contribution >= 0.6 is 11.6 Å². The van der Waals surface area contributed by atoms with Gasteiger partial charge in [0.1, 0.15) is 0 Å². The van der Waals surface area contributed by atoms with Gasteiger partial charge in [-0.05, 0) is 61.4 Å². The Morgan fingerprint density at radius 2 is 1.81 bits per heavy atom. The van der Waals surface area contributed by atoms with Gasteiger partial charge >= 0.3 is 0 Å². The van der Waals surface area contributed by atoms with Crippen LogP contribution in [0.15, 0.2) is 53.4 Å². The van der Waals surface area contributed by atoms with Crippen molar-refractivity contribution in [3.05, 3.63) is 59.1 Å². The highest BCUT2D eigenvalue weighted by Crippen LogP contribution is 2.44. The number of halogens is 1. The molecule has 142 valence electrons. The third kappa shape index (κ3) is 3.82. The zero-order valence-electron chi connectivity index (χ0n) is 14.7. The maximum atomic E-state index is 12.6. The Hall–Kier alpha value is -2.05. The Balaban J connectivity index is 1.47. The Kier molecular flexibility index (Phi) is 4.86. The van der Waals surface area contributed by atoms with Crippen molar-refractivity contribution in [3.8, 4) is 0 Å². The number of nitrogens with one attached hydrogen (secondary N) is 2. The van der Waals surface area contributed by atoms with Gasteiger partial charge in [-0.15, -0.1) is 0 Å². The van der Waals surface area contributed by atoms with Gasteiger partial charge in [-0.3, -0.25) is 9.52 Å². The molecule has 2 bridgehead atoms. The van der Waals surface area contributed by atoms with Gasteiger partial charge in [0.25, 0.3) is 15.9 Å². The van der Waals surface area contributed by atoms with Gasteiger partial charge in [-0.2, -0.15) is 0 Å². The number of anilines is 1. The molecule has 27 heavy (non-hydrogen) atoms. The number of carbonyl (C=O) groups is 1. The molecule has 2 aromatic carbocycles. The number of benzene rings is 2. The van der Waals surface area contributed by atoms with Gasteiger partial charge in [0.2, 0.25) is 0 Å². The van der Waals surface area contributed by atoms with Gasteiger partial charge in [-0.25, -0.2) is 8.42 Å². The predicted molar refractivity (Wildman–Crippen MR) is 105 cm³/mol. The molecule has 2 aliphatic rings. The highest BCUT2D eigenvalue weighted by molar-refractivity contribution is 7.92. The van der Waals surface area contributed by atoms with E-state index in [2.05, 4.69) is 10.0 Å². The van der Waals surface area contributed by atoms with Crippen molar-refractivity contribution in [3.63, 3.8) is 0 Å². The molecule has 3 unspecified atom stereocenters. The molecule has 0 spiro atoms. The first kappa shape index (κ1) is 18.3. The van der Waals surface area contributed by atoms with Crippen LogP contribution in [0.3, 0.4) is 0 Å². The van der Waals surface area contributed by atoms with Gasteiger partial charge in [0, 0.05) is 6.04 Å². The van der Waals surface area contributed by atoms with Gasteiger partial charge in [-0.1, -0.05) is 36.2 Å². The number of rotatable bonds is 5. The van der Waals surface area contributed by atoms with Crippen LogP contribution in [0.1, 0.15) is 36.0 Å². The zero-order chi connectivity index (χ0) is 19.0. The minimum absolute atomic E-state index is 0.166. The molecule has 2 fully saturated rings. The smallest absolute Gasteiger partial charge is 0.261 e. The van der Waals surface area contributed by atoms with Gasteiger partial charge in [0.15, 0.2) is 0 Å². The minimum Gasteiger partial charge on any atom is -0.349 e. The summed E-state index contributed by atoms with van der Waals surface area (Å²) in [4.78, 5) is 12.7. The van der Waals surface area contributed by atoms with E-state index in [-0.39, 0.29) is 21.9 Å². The molecule has 5 nitrogen and oxygen atoms in total. The van der Waals surface area contributed by atoms with Crippen molar-refractivity contribution in [2.45, 2.75) is 36.6 Å². The van der Waals surface area contributed by atoms with Crippen LogP contribution in [0, 0.1) is 11.8 Å². The lowest BCUT2D eigenvalue weighted by molar-refractivity contribution is 0.0923. The Bertz CT molecular complexity index is 962. The number of hydrogen-bond acceptors (Lipinski definition) is 3. The average molecular weight is 405 g/mol. The normalized spacial score (nSPS) is 24.0. The van der Waals surface area contributed by atoms with E-state index in [1.54, 1.807) is 30.3 Å². The third-order valence-electron chi connectivity index (χ3n) is 5.57. The van der Waals surface area contributed by atoms with Crippen molar-refractivity contribution >= 4 is 33.2 Å². The van der Waals surface area contributed by atoms with Crippen LogP contribution in [0.4, 0.5) is 5.69 Å². The quantitative estimate of drug-likeness (QED) is 0.789. The molecule has 1 amide bonds. The van der Waals surface area contributed by atoms with Gasteiger partial charge in [0.05, 0.1) is 21.2 Å². The van der Waals surface area contributed by atoms with Crippen LogP contribution in [-0.4, -0.2) is 20.4 Å². The fourth-order valence-electron chi connectivity index (χ4n) is 4.24. The summed E-state index contributed by atoms with van der Waals surface area (Å²) in [6.45, 7) is 0. The number of sulfonamides is 1. The van der Waals surface area contributed by atoms with E-state index in [4.69, 9.17) is 11.6 Å². The van der Waals surface area contributed by atoms with Gasteiger partial charge < -0.3 is 5.32 Å². The number of amides is 1. The van der Waals surface area contributed by atoms with Crippen LogP contribution in [-0.2, 0) is 10.0 Å². The molecule has 2 saturated carbocycles. The number of hydrogen-bond donors (Lipinski definition) is 2. The lowest BCUT2D eigenvalue weighted by atomic mass is 9.95. The number of fused-ring (bicyclic) bond motifs is 2. The van der Waals surface area contributed by atoms with Crippen molar-refractivity contribution < 1.29 is 13.2 Å². The fourth-order valence-corrected chi connectivity index (χ4v) is 5.58. The Morgan fingerprint density at radius 3 is 2.44 bits per heavy atom. The first-order chi connectivity index (χ1) is 12.9. The van der Waals surface area contributed by atoms with E-state index >= 15 is 0 Å². The summed E-state index contributed by atoms with van der Waals surface area (Å²) in [6, 6.07) is 12.9. The third-order valence-corrected chi connectivity index (χ3v) is 7.28. The molecule has 0 aliphatic heterocycles. The molecule has 4 rings (SSSR count). The second-order valence-corrected chi connectivity index (χ2v) is 9.46. The average Bonchev–Trinajstić information content (AvgIpc) is 3.25. The molecule has 2 N–H and O–H groups in total. The summed E-state index contributed by atoms with van der Waals surface area (Å²) >= 11 is 6.27. The van der Waals surface area contributed by atoms with Crippen LogP contribution in [0.25, 0.3) is 0 Å². The van der Waals surface area contributed by atoms with Crippen LogP contribution < -0.4 is 10.0 Å². The molecule has 2 aromatic rings. The molecule has 0 heterocycles. The highest BCUT2D eigenvalue weighted by Gasteiger charge is 2.40. The van der Waals surface area contributed by atoms with E-state index in [0.29, 0.717) is 17.2 Å². The molecule has 0 radical (unpaired) electrons. The van der Waals surface area contributed by atoms with Crippen molar-refractivity contribution in [1.82, 2.24) is 5.32 Å². The van der Waals surface area contributed by atoms with E-state index in [1.165, 1.54) is 37.5 Å². The standard InChI is InChI=1S/C20H21ClN2O3S/c21-18-12-15(23-27(25,26)16-4-2-1-3-5-16)8-9-17(18)20(24)22-19-11-13-6-7-14(19)10-13/h1-5,8-9,12-14,19,23H,6-7,10-11H2,(H,22,24). The largest absolute Gasteiger partial charge is 0.349 e. The minimum atomic E-state index is -3.70. The molecular formula is C20H21ClN2O3S. The lowest BCUT2D eigenvalue weighted by Crippen LogP contribution is -2.38. The summed E-state index contributed by atoms with van der Waals surface area (Å²) in [5, 5.41) is 3.32. The monoisotopic (exact) mass is 404 g/mol. The fraction of sp³-hybridized carbons (Fsp3) is 0.350. The van der Waals surface area contributed by atoms with E-state index in [0.717, 1.165) is 12.3 Å². The summed E-state index contributed by atoms with van der Waals surface area (Å²) < 4.78 is 27.3. The SMILES string of the molecule is O=C(NC1CC2CCC1C2)c1ccc(NS(=O)(=O)c2ccccc2)cc1Cl. The van der Waals surface area contributed by atoms with Crippen molar-refractivity contribution in [2.24, 2.45) is 11.8 Å². The van der Waals surface area contributed by atoms with Crippen LogP contribution in [0.2, 0.25) is 5.02 Å². The van der Waals surface area contributed by atoms with E-state index in [1.807, 2.05) is 0 Å². The first-order valence-electron chi connectivity index (χ1n) is 9.10. The maximum absolute atomic E-state index is 12.6. The molecule has 3 atom stereocenters. The van der Waals surface area contributed by atoms with Crippen molar-refractivity contribution in [2.75, 3.05) is 4.72 Å². The zero-order valence-corrected chi connectivity index (χ0v) is 16.3. The van der Waals surface area contributed by atoms with E-state index < -0.39 is 10.0 Å². The Labute approximate surface area is 164 Å². The van der Waals surface area contributed by atoms with Crippen LogP contribution in [0.5, 0.6) is 0 Å². The predicted octanol–water partition coefficient (Wildman–Crippen LogP) is 4.06. The summed E-state index contributed by atoms with van der Waals surface area (Å²) in [5.74, 6) is 1.12. The molecule has 7 heteroatoms. The molecular weight excluding hydrogens is 384 g/mol. The summed E-state index contributed by atoms with van der Waals surface area (Å²) in [7, 11) is -3.70. The highest BCUT2D eigenvalue weighted by atomic mass is 35.5. The first-order valence-corrected chi connectivity index (χ1v) is 11.0. The molecule has 0 aromatic heterocycles. The second kappa shape index (κ2) is 7.17. The maximum Gasteiger partial charge on any atom is 0.261 e. The molecule has 0 saturated heterocycles. The lowest BCUT2D eigenvalue weighted by Gasteiger charge is -2.23. The topological polar surface area (TPSA) is 75.3 Å². The molecule has 2 aliphatic carbocycles. The Morgan fingerprint density at radius 1 is 1.04 bits per heavy atom. The summed E-state index contributed by atoms with van der Waals surface area (Å²) in [6.07, 6.45) is 4.71. The number of carbonyl (C=O) groups excluding carboxylic acids is 1. The van der Waals surface area contributed by atoms with Crippen molar-refractivity contribution in [1.29, 1.82) is 0 Å². The van der Waals surface area contributed by atoms with E-state index in [9.17, 15) is 13.2 Å². The summed E-state index contributed by atoms with van der Waals surface area (Å²) in [5.41, 5.74) is 0.683. The second-order valence-electron chi connectivity index (χ2n) is 7.37.